The van der Waals surface area contributed by atoms with E-state index in [2.05, 4.69) is 4.98 Å². The van der Waals surface area contributed by atoms with Crippen molar-refractivity contribution in [1.82, 2.24) is 9.97 Å². The van der Waals surface area contributed by atoms with Crippen molar-refractivity contribution in [2.24, 2.45) is 0 Å². The molecule has 1 aromatic heterocycles. The maximum Gasteiger partial charge on any atom is 0.331 e. The quantitative estimate of drug-likeness (QED) is 0.446. The highest BCUT2D eigenvalue weighted by atomic mass is 16.6. The molecule has 0 radical (unpaired) electrons. The average molecular weight is 421 g/mol. The van der Waals surface area contributed by atoms with Crippen LogP contribution in [0.25, 0.3) is 28.4 Å². The highest BCUT2D eigenvalue weighted by Crippen LogP contribution is 2.30. The van der Waals surface area contributed by atoms with Gasteiger partial charge in [0.25, 0.3) is 5.56 Å². The topological polar surface area (TPSA) is 81.3 Å². The number of carbonyl (C=O) groups excluding carboxylic acids is 1. The molecule has 0 aliphatic heterocycles. The molecule has 0 saturated carbocycles. The Kier molecular flexibility index (Phi) is 6.59. The summed E-state index contributed by atoms with van der Waals surface area (Å²) in [5.41, 5.74) is 2.22. The predicted molar refractivity (Wildman–Crippen MR) is 123 cm³/mol. The first kappa shape index (κ1) is 22.3. The molecule has 31 heavy (non-hydrogen) atoms. The summed E-state index contributed by atoms with van der Waals surface area (Å²) in [6.07, 6.45) is 3.91. The Morgan fingerprint density at radius 3 is 2.68 bits per heavy atom. The molecule has 3 aromatic rings. The molecule has 1 heterocycles. The molecular formula is C25H28N2O4. The van der Waals surface area contributed by atoms with Crippen LogP contribution in [0.1, 0.15) is 45.2 Å². The number of rotatable bonds is 6. The van der Waals surface area contributed by atoms with E-state index in [1.807, 2.05) is 65.0 Å². The fourth-order valence-electron chi connectivity index (χ4n) is 3.11. The Balaban J connectivity index is 2.06. The molecule has 0 fully saturated rings. The molecule has 0 atom stereocenters. The van der Waals surface area contributed by atoms with Gasteiger partial charge in [0, 0.05) is 6.08 Å². The number of hydrogen-bond acceptors (Lipinski definition) is 5. The number of aromatic amines is 1. The van der Waals surface area contributed by atoms with Gasteiger partial charge in [-0.05, 0) is 69.5 Å². The number of hydrogen-bond donors (Lipinski definition) is 1. The normalized spacial score (nSPS) is 11.8. The standard InChI is InChI=1S/C25H28N2O4/c1-6-14-30-20-12-10-17(11-13-21(28)31-25(3,4)5)15-19(20)23-26-22-16(2)8-7-9-18(22)24(29)27-23/h7-13,15H,6,14H2,1-5H3,(H,26,27,29). The van der Waals surface area contributed by atoms with Crippen LogP contribution in [0.2, 0.25) is 0 Å². The second kappa shape index (κ2) is 9.16. The Labute approximate surface area is 181 Å². The summed E-state index contributed by atoms with van der Waals surface area (Å²) in [5.74, 6) is 0.617. The van der Waals surface area contributed by atoms with Crippen LogP contribution in [0.3, 0.4) is 0 Å². The molecule has 6 heteroatoms. The van der Waals surface area contributed by atoms with Gasteiger partial charge in [-0.25, -0.2) is 9.78 Å². The number of nitrogens with one attached hydrogen (secondary N) is 1. The van der Waals surface area contributed by atoms with E-state index >= 15 is 0 Å². The third-order valence-electron chi connectivity index (χ3n) is 4.48. The van der Waals surface area contributed by atoms with Gasteiger partial charge in [-0.3, -0.25) is 4.79 Å². The molecule has 3 rings (SSSR count). The maximum absolute atomic E-state index is 12.7. The molecule has 0 unspecified atom stereocenters. The van der Waals surface area contributed by atoms with Gasteiger partial charge >= 0.3 is 5.97 Å². The number of nitrogens with zero attached hydrogens (tertiary/aromatic N) is 1. The van der Waals surface area contributed by atoms with Crippen LogP contribution in [0.5, 0.6) is 5.75 Å². The van der Waals surface area contributed by atoms with E-state index < -0.39 is 11.6 Å². The molecule has 2 aromatic carbocycles. The fraction of sp³-hybridized carbons (Fsp3) is 0.320. The van der Waals surface area contributed by atoms with Gasteiger partial charge in [0.05, 0.1) is 23.1 Å². The molecule has 1 N–H and O–H groups in total. The van der Waals surface area contributed by atoms with Gasteiger partial charge < -0.3 is 14.5 Å². The molecule has 0 spiro atoms. The van der Waals surface area contributed by atoms with Crippen molar-refractivity contribution >= 4 is 22.9 Å². The molecular weight excluding hydrogens is 392 g/mol. The fourth-order valence-corrected chi connectivity index (χ4v) is 3.11. The van der Waals surface area contributed by atoms with Gasteiger partial charge in [0.2, 0.25) is 0 Å². The lowest BCUT2D eigenvalue weighted by atomic mass is 10.1. The van der Waals surface area contributed by atoms with Crippen LogP contribution in [-0.2, 0) is 9.53 Å². The van der Waals surface area contributed by atoms with E-state index in [9.17, 15) is 9.59 Å². The minimum atomic E-state index is -0.559. The lowest BCUT2D eigenvalue weighted by molar-refractivity contribution is -0.148. The Morgan fingerprint density at radius 1 is 1.19 bits per heavy atom. The number of esters is 1. The van der Waals surface area contributed by atoms with Crippen LogP contribution >= 0.6 is 0 Å². The SMILES string of the molecule is CCCOc1ccc(C=CC(=O)OC(C)(C)C)cc1-c1nc2c(C)cccc2c(=O)[nH]1. The summed E-state index contributed by atoms with van der Waals surface area (Å²) in [7, 11) is 0. The minimum Gasteiger partial charge on any atom is -0.493 e. The number of benzene rings is 2. The lowest BCUT2D eigenvalue weighted by Gasteiger charge is -2.18. The van der Waals surface area contributed by atoms with Crippen molar-refractivity contribution in [2.45, 2.75) is 46.6 Å². The zero-order valence-corrected chi connectivity index (χ0v) is 18.6. The number of para-hydroxylation sites is 1. The average Bonchev–Trinajstić information content (AvgIpc) is 2.70. The van der Waals surface area contributed by atoms with Gasteiger partial charge in [0.1, 0.15) is 17.2 Å². The van der Waals surface area contributed by atoms with Gasteiger partial charge in [0.15, 0.2) is 0 Å². The van der Waals surface area contributed by atoms with Crippen molar-refractivity contribution < 1.29 is 14.3 Å². The van der Waals surface area contributed by atoms with Gasteiger partial charge in [-0.1, -0.05) is 25.1 Å². The molecule has 0 amide bonds. The summed E-state index contributed by atoms with van der Waals surface area (Å²) in [6.45, 7) is 9.95. The number of carbonyl (C=O) groups is 1. The van der Waals surface area contributed by atoms with E-state index in [1.165, 1.54) is 6.08 Å². The first-order valence-electron chi connectivity index (χ1n) is 10.4. The number of aryl methyl sites for hydroxylation is 1. The molecule has 0 aliphatic carbocycles. The third-order valence-corrected chi connectivity index (χ3v) is 4.48. The van der Waals surface area contributed by atoms with E-state index in [0.717, 1.165) is 17.5 Å². The van der Waals surface area contributed by atoms with Crippen molar-refractivity contribution in [3.63, 3.8) is 0 Å². The molecule has 162 valence electrons. The molecule has 0 bridgehead atoms. The minimum absolute atomic E-state index is 0.208. The Hall–Kier alpha value is -3.41. The highest BCUT2D eigenvalue weighted by Gasteiger charge is 2.15. The molecule has 0 aliphatic rings. The van der Waals surface area contributed by atoms with Crippen molar-refractivity contribution in [2.75, 3.05) is 6.61 Å². The van der Waals surface area contributed by atoms with Crippen LogP contribution in [-0.4, -0.2) is 28.1 Å². The zero-order chi connectivity index (χ0) is 22.6. The van der Waals surface area contributed by atoms with E-state index in [1.54, 1.807) is 12.1 Å². The van der Waals surface area contributed by atoms with E-state index in [0.29, 0.717) is 34.6 Å². The number of ether oxygens (including phenoxy) is 2. The second-order valence-electron chi connectivity index (χ2n) is 8.36. The van der Waals surface area contributed by atoms with Crippen molar-refractivity contribution in [3.8, 4) is 17.1 Å². The van der Waals surface area contributed by atoms with Crippen LogP contribution in [0, 0.1) is 6.92 Å². The van der Waals surface area contributed by atoms with Crippen LogP contribution in [0.4, 0.5) is 0 Å². The maximum atomic E-state index is 12.7. The van der Waals surface area contributed by atoms with Crippen LogP contribution < -0.4 is 10.3 Å². The summed E-state index contributed by atoms with van der Waals surface area (Å²) < 4.78 is 11.2. The number of aromatic nitrogens is 2. The van der Waals surface area contributed by atoms with Crippen molar-refractivity contribution in [1.29, 1.82) is 0 Å². The monoisotopic (exact) mass is 420 g/mol. The first-order chi connectivity index (χ1) is 14.7. The summed E-state index contributed by atoms with van der Waals surface area (Å²) >= 11 is 0. The van der Waals surface area contributed by atoms with Gasteiger partial charge in [-0.2, -0.15) is 0 Å². The zero-order valence-electron chi connectivity index (χ0n) is 18.6. The van der Waals surface area contributed by atoms with E-state index in [4.69, 9.17) is 14.5 Å². The van der Waals surface area contributed by atoms with E-state index in [-0.39, 0.29) is 5.56 Å². The lowest BCUT2D eigenvalue weighted by Crippen LogP contribution is -2.22. The summed E-state index contributed by atoms with van der Waals surface area (Å²) in [5, 5.41) is 0.542. The molecule has 6 nitrogen and oxygen atoms in total. The number of fused-ring (bicyclic) bond motifs is 1. The number of H-pyrrole nitrogens is 1. The Bertz CT molecular complexity index is 1190. The first-order valence-corrected chi connectivity index (χ1v) is 10.4. The smallest absolute Gasteiger partial charge is 0.331 e. The second-order valence-corrected chi connectivity index (χ2v) is 8.36. The summed E-state index contributed by atoms with van der Waals surface area (Å²) in [4.78, 5) is 32.3. The highest BCUT2D eigenvalue weighted by molar-refractivity contribution is 5.88. The Morgan fingerprint density at radius 2 is 1.97 bits per heavy atom. The van der Waals surface area contributed by atoms with Crippen molar-refractivity contribution in [3.05, 3.63) is 64.0 Å². The van der Waals surface area contributed by atoms with Crippen LogP contribution in [0.15, 0.2) is 47.3 Å². The largest absolute Gasteiger partial charge is 0.493 e. The third kappa shape index (κ3) is 5.60. The molecule has 0 saturated heterocycles. The predicted octanol–water partition coefficient (Wildman–Crippen LogP) is 5.04. The summed E-state index contributed by atoms with van der Waals surface area (Å²) in [6, 6.07) is 11.0. The van der Waals surface area contributed by atoms with Gasteiger partial charge in [-0.15, -0.1) is 0 Å².